The third-order valence-electron chi connectivity index (χ3n) is 4.34. The fourth-order valence-corrected chi connectivity index (χ4v) is 2.72. The Balaban J connectivity index is 1.55. The molecule has 1 unspecified atom stereocenters. The van der Waals surface area contributed by atoms with Crippen LogP contribution in [0.25, 0.3) is 0 Å². The Kier molecular flexibility index (Phi) is 5.23. The van der Waals surface area contributed by atoms with E-state index in [-0.39, 0.29) is 0 Å². The summed E-state index contributed by atoms with van der Waals surface area (Å²) in [6, 6.07) is 10.7. The van der Waals surface area contributed by atoms with E-state index in [0.29, 0.717) is 13.2 Å². The van der Waals surface area contributed by atoms with Gasteiger partial charge in [0.15, 0.2) is 0 Å². The standard InChI is InChI=1S/C16H26NO2/c1-15-7-6-10-17(15,2)11-12-18-13-14-19-16-8-4-3-5-9-16/h3-5,8-9,15H,6-7,10-14H2,1-2H3/q+1/t15-,17?/m0/s1. The topological polar surface area (TPSA) is 18.5 Å². The summed E-state index contributed by atoms with van der Waals surface area (Å²) >= 11 is 0. The zero-order chi connectivity index (χ0) is 13.6. The van der Waals surface area contributed by atoms with E-state index in [2.05, 4.69) is 14.0 Å². The van der Waals surface area contributed by atoms with Gasteiger partial charge in [-0.15, -0.1) is 0 Å². The summed E-state index contributed by atoms with van der Waals surface area (Å²) in [5, 5.41) is 0. The first-order valence-electron chi connectivity index (χ1n) is 7.30. The third-order valence-corrected chi connectivity index (χ3v) is 4.34. The first kappa shape index (κ1) is 14.4. The predicted molar refractivity (Wildman–Crippen MR) is 77.4 cm³/mol. The minimum absolute atomic E-state index is 0.628. The fourth-order valence-electron chi connectivity index (χ4n) is 2.72. The lowest BCUT2D eigenvalue weighted by Crippen LogP contribution is -2.48. The van der Waals surface area contributed by atoms with E-state index in [9.17, 15) is 0 Å². The molecular formula is C16H26NO2+. The van der Waals surface area contributed by atoms with E-state index >= 15 is 0 Å². The zero-order valence-corrected chi connectivity index (χ0v) is 12.2. The Bertz CT molecular complexity index is 368. The van der Waals surface area contributed by atoms with Gasteiger partial charge in [-0.3, -0.25) is 0 Å². The summed E-state index contributed by atoms with van der Waals surface area (Å²) in [6.07, 6.45) is 2.71. The average molecular weight is 264 g/mol. The van der Waals surface area contributed by atoms with E-state index in [1.165, 1.54) is 23.9 Å². The molecule has 0 aromatic heterocycles. The van der Waals surface area contributed by atoms with E-state index in [0.717, 1.165) is 24.9 Å². The molecule has 0 N–H and O–H groups in total. The molecule has 0 aliphatic carbocycles. The molecule has 19 heavy (non-hydrogen) atoms. The number of nitrogens with zero attached hydrogens (tertiary/aromatic N) is 1. The summed E-state index contributed by atoms with van der Waals surface area (Å²) in [5.41, 5.74) is 0. The molecule has 2 rings (SSSR count). The molecule has 0 amide bonds. The van der Waals surface area contributed by atoms with Gasteiger partial charge in [-0.25, -0.2) is 0 Å². The van der Waals surface area contributed by atoms with Gasteiger partial charge in [-0.2, -0.15) is 0 Å². The van der Waals surface area contributed by atoms with Gasteiger partial charge in [-0.1, -0.05) is 18.2 Å². The Hall–Kier alpha value is -1.06. The molecule has 1 heterocycles. The smallest absolute Gasteiger partial charge is 0.119 e. The Morgan fingerprint density at radius 1 is 1.16 bits per heavy atom. The van der Waals surface area contributed by atoms with Crippen LogP contribution in [0.2, 0.25) is 0 Å². The number of hydrogen-bond acceptors (Lipinski definition) is 2. The van der Waals surface area contributed by atoms with Crippen LogP contribution < -0.4 is 4.74 Å². The normalized spacial score (nSPS) is 26.5. The number of benzene rings is 1. The molecule has 1 aromatic carbocycles. The molecule has 3 heteroatoms. The second-order valence-corrected chi connectivity index (χ2v) is 5.69. The lowest BCUT2D eigenvalue weighted by Gasteiger charge is -2.34. The SMILES string of the molecule is C[C@H]1CCC[N+]1(C)CCOCCOc1ccccc1. The molecule has 0 saturated carbocycles. The van der Waals surface area contributed by atoms with Crippen LogP contribution in [0.3, 0.4) is 0 Å². The van der Waals surface area contributed by atoms with Gasteiger partial charge in [0.1, 0.15) is 18.9 Å². The van der Waals surface area contributed by atoms with Crippen LogP contribution in [0, 0.1) is 0 Å². The average Bonchev–Trinajstić information content (AvgIpc) is 2.75. The highest BCUT2D eigenvalue weighted by Crippen LogP contribution is 2.23. The lowest BCUT2D eigenvalue weighted by atomic mass is 10.2. The van der Waals surface area contributed by atoms with Gasteiger partial charge in [0.05, 0.1) is 32.8 Å². The zero-order valence-electron chi connectivity index (χ0n) is 12.2. The number of likely N-dealkylation sites (N-methyl/N-ethyl adjacent to an activating group) is 1. The van der Waals surface area contributed by atoms with Crippen molar-refractivity contribution in [1.82, 2.24) is 0 Å². The minimum Gasteiger partial charge on any atom is -0.491 e. The number of para-hydroxylation sites is 1. The maximum atomic E-state index is 5.69. The summed E-state index contributed by atoms with van der Waals surface area (Å²) in [4.78, 5) is 0. The van der Waals surface area contributed by atoms with Crippen LogP contribution in [0.5, 0.6) is 5.75 Å². The second kappa shape index (κ2) is 6.92. The van der Waals surface area contributed by atoms with E-state index in [4.69, 9.17) is 9.47 Å². The number of quaternary nitrogens is 1. The summed E-state index contributed by atoms with van der Waals surface area (Å²) in [5.74, 6) is 0.915. The van der Waals surface area contributed by atoms with E-state index in [1.54, 1.807) is 0 Å². The van der Waals surface area contributed by atoms with Crippen molar-refractivity contribution in [3.8, 4) is 5.75 Å². The highest BCUT2D eigenvalue weighted by molar-refractivity contribution is 5.20. The molecule has 0 bridgehead atoms. The largest absolute Gasteiger partial charge is 0.491 e. The summed E-state index contributed by atoms with van der Waals surface area (Å²) < 4.78 is 12.5. The quantitative estimate of drug-likeness (QED) is 0.557. The maximum absolute atomic E-state index is 5.69. The van der Waals surface area contributed by atoms with Crippen molar-refractivity contribution >= 4 is 0 Å². The first-order chi connectivity index (χ1) is 9.21. The minimum atomic E-state index is 0.628. The van der Waals surface area contributed by atoms with Crippen LogP contribution in [0.15, 0.2) is 30.3 Å². The van der Waals surface area contributed by atoms with Crippen molar-refractivity contribution in [1.29, 1.82) is 0 Å². The van der Waals surface area contributed by atoms with Crippen LogP contribution in [0.1, 0.15) is 19.8 Å². The van der Waals surface area contributed by atoms with Gasteiger partial charge in [-0.05, 0) is 19.1 Å². The van der Waals surface area contributed by atoms with Crippen molar-refractivity contribution in [2.24, 2.45) is 0 Å². The lowest BCUT2D eigenvalue weighted by molar-refractivity contribution is -0.919. The van der Waals surface area contributed by atoms with Crippen molar-refractivity contribution in [2.75, 3.05) is 40.0 Å². The van der Waals surface area contributed by atoms with Crippen molar-refractivity contribution < 1.29 is 14.0 Å². The van der Waals surface area contributed by atoms with Crippen molar-refractivity contribution in [3.05, 3.63) is 30.3 Å². The fraction of sp³-hybridized carbons (Fsp3) is 0.625. The van der Waals surface area contributed by atoms with Gasteiger partial charge in [0, 0.05) is 12.8 Å². The molecule has 1 fully saturated rings. The molecule has 0 spiro atoms. The van der Waals surface area contributed by atoms with Crippen LogP contribution in [-0.4, -0.2) is 50.5 Å². The number of rotatable bonds is 7. The molecule has 106 valence electrons. The molecule has 3 nitrogen and oxygen atoms in total. The van der Waals surface area contributed by atoms with Gasteiger partial charge < -0.3 is 14.0 Å². The molecule has 1 saturated heterocycles. The third kappa shape index (κ3) is 4.22. The molecule has 1 aromatic rings. The predicted octanol–water partition coefficient (Wildman–Crippen LogP) is 2.71. The van der Waals surface area contributed by atoms with Crippen LogP contribution in [-0.2, 0) is 4.74 Å². The highest BCUT2D eigenvalue weighted by Gasteiger charge is 2.33. The molecule has 0 radical (unpaired) electrons. The summed E-state index contributed by atoms with van der Waals surface area (Å²) in [6.45, 7) is 6.90. The Morgan fingerprint density at radius 2 is 1.95 bits per heavy atom. The summed E-state index contributed by atoms with van der Waals surface area (Å²) in [7, 11) is 2.35. The first-order valence-corrected chi connectivity index (χ1v) is 7.30. The van der Waals surface area contributed by atoms with E-state index < -0.39 is 0 Å². The Morgan fingerprint density at radius 3 is 2.63 bits per heavy atom. The number of likely N-dealkylation sites (tertiary alicyclic amines) is 1. The van der Waals surface area contributed by atoms with Gasteiger partial charge >= 0.3 is 0 Å². The van der Waals surface area contributed by atoms with Crippen molar-refractivity contribution in [2.45, 2.75) is 25.8 Å². The second-order valence-electron chi connectivity index (χ2n) is 5.69. The molecule has 1 aliphatic heterocycles. The van der Waals surface area contributed by atoms with E-state index in [1.807, 2.05) is 30.3 Å². The van der Waals surface area contributed by atoms with Crippen LogP contribution >= 0.6 is 0 Å². The number of hydrogen-bond donors (Lipinski definition) is 0. The molecule has 1 aliphatic rings. The van der Waals surface area contributed by atoms with Crippen LogP contribution in [0.4, 0.5) is 0 Å². The Labute approximate surface area is 116 Å². The molecule has 2 atom stereocenters. The highest BCUT2D eigenvalue weighted by atomic mass is 16.5. The maximum Gasteiger partial charge on any atom is 0.119 e. The van der Waals surface area contributed by atoms with Gasteiger partial charge in [0.25, 0.3) is 0 Å². The monoisotopic (exact) mass is 264 g/mol. The number of ether oxygens (including phenoxy) is 2. The van der Waals surface area contributed by atoms with Crippen molar-refractivity contribution in [3.63, 3.8) is 0 Å². The van der Waals surface area contributed by atoms with Gasteiger partial charge in [0.2, 0.25) is 0 Å². The molecular weight excluding hydrogens is 238 g/mol.